The molecule has 2 rings (SSSR count). The molecule has 0 bridgehead atoms. The van der Waals surface area contributed by atoms with Crippen LogP contribution in [-0.2, 0) is 21.8 Å². The molecule has 0 aliphatic heterocycles. The quantitative estimate of drug-likeness (QED) is 0.915. The summed E-state index contributed by atoms with van der Waals surface area (Å²) < 4.78 is 59.5. The molecule has 0 fully saturated rings. The van der Waals surface area contributed by atoms with E-state index in [-0.39, 0.29) is 17.1 Å². The summed E-state index contributed by atoms with van der Waals surface area (Å²) in [4.78, 5) is 6.49. The second-order valence-electron chi connectivity index (χ2n) is 3.98. The molecule has 1 heterocycles. The van der Waals surface area contributed by atoms with Crippen LogP contribution in [0, 0.1) is 0 Å². The molecule has 0 saturated heterocycles. The number of sulfone groups is 1. The smallest absolute Gasteiger partial charge is 0.341 e. The topological polar surface area (TPSA) is 62.8 Å². The summed E-state index contributed by atoms with van der Waals surface area (Å²) in [6.07, 6.45) is -3.41. The number of nitrogens with one attached hydrogen (secondary N) is 1. The monoisotopic (exact) mass is 278 g/mol. The molecule has 0 saturated carbocycles. The molecule has 0 amide bonds. The predicted octanol–water partition coefficient (Wildman–Crippen LogP) is 2.13. The molecule has 98 valence electrons. The number of aromatic amines is 1. The third-order valence-electron chi connectivity index (χ3n) is 2.26. The van der Waals surface area contributed by atoms with Gasteiger partial charge in [-0.05, 0) is 18.2 Å². The van der Waals surface area contributed by atoms with E-state index in [0.29, 0.717) is 5.52 Å². The first kappa shape index (κ1) is 12.9. The number of halogens is 3. The highest BCUT2D eigenvalue weighted by Gasteiger charge is 2.30. The van der Waals surface area contributed by atoms with Gasteiger partial charge in [-0.25, -0.2) is 13.4 Å². The van der Waals surface area contributed by atoms with Crippen LogP contribution in [0.3, 0.4) is 0 Å². The van der Waals surface area contributed by atoms with Crippen molar-refractivity contribution < 1.29 is 21.6 Å². The number of rotatable bonds is 2. The third kappa shape index (κ3) is 2.81. The van der Waals surface area contributed by atoms with E-state index in [0.717, 1.165) is 18.4 Å². The van der Waals surface area contributed by atoms with Gasteiger partial charge in [0.15, 0.2) is 9.84 Å². The zero-order chi connectivity index (χ0) is 13.6. The van der Waals surface area contributed by atoms with E-state index < -0.39 is 21.6 Å². The Hall–Kier alpha value is -1.57. The van der Waals surface area contributed by atoms with Gasteiger partial charge in [0.2, 0.25) is 0 Å². The van der Waals surface area contributed by atoms with Crippen molar-refractivity contribution in [3.05, 3.63) is 29.6 Å². The van der Waals surface area contributed by atoms with Crippen molar-refractivity contribution in [2.24, 2.45) is 0 Å². The maximum Gasteiger partial charge on any atom is 0.416 e. The van der Waals surface area contributed by atoms with Crippen LogP contribution in [0.15, 0.2) is 18.2 Å². The number of imidazole rings is 1. The Bertz CT molecular complexity index is 689. The highest BCUT2D eigenvalue weighted by Crippen LogP contribution is 2.30. The summed E-state index contributed by atoms with van der Waals surface area (Å²) in [5.74, 6) is -0.199. The van der Waals surface area contributed by atoms with Gasteiger partial charge in [0.25, 0.3) is 0 Å². The molecule has 0 radical (unpaired) electrons. The Morgan fingerprint density at radius 1 is 1.33 bits per heavy atom. The van der Waals surface area contributed by atoms with Crippen LogP contribution >= 0.6 is 0 Å². The van der Waals surface area contributed by atoms with Crippen molar-refractivity contribution >= 4 is 20.9 Å². The van der Waals surface area contributed by atoms with Crippen LogP contribution in [0.5, 0.6) is 0 Å². The second-order valence-corrected chi connectivity index (χ2v) is 6.12. The minimum Gasteiger partial charge on any atom is -0.341 e. The number of benzene rings is 1. The highest BCUT2D eigenvalue weighted by molar-refractivity contribution is 7.89. The Morgan fingerprint density at radius 2 is 2.00 bits per heavy atom. The number of H-pyrrole nitrogens is 1. The van der Waals surface area contributed by atoms with Crippen LogP contribution in [-0.4, -0.2) is 24.6 Å². The molecule has 1 aromatic heterocycles. The van der Waals surface area contributed by atoms with Gasteiger partial charge in [-0.1, -0.05) is 0 Å². The van der Waals surface area contributed by atoms with Gasteiger partial charge in [0.1, 0.15) is 11.6 Å². The normalized spacial score (nSPS) is 13.1. The van der Waals surface area contributed by atoms with Crippen molar-refractivity contribution in [3.63, 3.8) is 0 Å². The Kier molecular flexibility index (Phi) is 2.84. The summed E-state index contributed by atoms with van der Waals surface area (Å²) >= 11 is 0. The molecule has 0 spiro atoms. The van der Waals surface area contributed by atoms with E-state index in [2.05, 4.69) is 9.97 Å². The lowest BCUT2D eigenvalue weighted by Crippen LogP contribution is -2.04. The summed E-state index contributed by atoms with van der Waals surface area (Å²) in [7, 11) is -3.28. The third-order valence-corrected chi connectivity index (χ3v) is 3.05. The minimum absolute atomic E-state index is 0.131. The van der Waals surface area contributed by atoms with Crippen molar-refractivity contribution in [1.82, 2.24) is 9.97 Å². The fourth-order valence-electron chi connectivity index (χ4n) is 1.56. The van der Waals surface area contributed by atoms with Crippen LogP contribution < -0.4 is 0 Å². The van der Waals surface area contributed by atoms with Gasteiger partial charge in [-0.3, -0.25) is 0 Å². The summed E-state index contributed by atoms with van der Waals surface area (Å²) in [5, 5.41) is 0. The van der Waals surface area contributed by atoms with Gasteiger partial charge in [0.05, 0.1) is 16.6 Å². The van der Waals surface area contributed by atoms with Gasteiger partial charge in [0, 0.05) is 6.26 Å². The fourth-order valence-corrected chi connectivity index (χ4v) is 2.19. The van der Waals surface area contributed by atoms with Crippen LogP contribution in [0.1, 0.15) is 11.4 Å². The van der Waals surface area contributed by atoms with E-state index in [9.17, 15) is 21.6 Å². The minimum atomic E-state index is -4.43. The van der Waals surface area contributed by atoms with Gasteiger partial charge in [-0.2, -0.15) is 13.2 Å². The van der Waals surface area contributed by atoms with Crippen molar-refractivity contribution in [1.29, 1.82) is 0 Å². The molecule has 2 aromatic rings. The molecule has 8 heteroatoms. The van der Waals surface area contributed by atoms with Crippen LogP contribution in [0.4, 0.5) is 13.2 Å². The largest absolute Gasteiger partial charge is 0.416 e. The first-order chi connectivity index (χ1) is 8.15. The standard InChI is InChI=1S/C10H9F3N2O2S/c1-18(16,17)5-9-14-7-3-2-6(10(11,12)13)4-8(7)15-9/h2-4H,5H2,1H3,(H,14,15). The molecule has 1 N–H and O–H groups in total. The van der Waals surface area contributed by atoms with E-state index in [4.69, 9.17) is 0 Å². The number of hydrogen-bond donors (Lipinski definition) is 1. The average molecular weight is 278 g/mol. The lowest BCUT2D eigenvalue weighted by Gasteiger charge is -2.05. The lowest BCUT2D eigenvalue weighted by atomic mass is 10.2. The van der Waals surface area contributed by atoms with Gasteiger partial charge >= 0.3 is 6.18 Å². The van der Waals surface area contributed by atoms with Crippen molar-refractivity contribution in [3.8, 4) is 0 Å². The van der Waals surface area contributed by atoms with E-state index >= 15 is 0 Å². The Morgan fingerprint density at radius 3 is 2.56 bits per heavy atom. The molecule has 18 heavy (non-hydrogen) atoms. The zero-order valence-corrected chi connectivity index (χ0v) is 10.1. The maximum atomic E-state index is 12.5. The van der Waals surface area contributed by atoms with Crippen molar-refractivity contribution in [2.75, 3.05) is 6.26 Å². The lowest BCUT2D eigenvalue weighted by molar-refractivity contribution is -0.137. The van der Waals surface area contributed by atoms with E-state index in [1.165, 1.54) is 6.07 Å². The predicted molar refractivity (Wildman–Crippen MR) is 59.6 cm³/mol. The zero-order valence-electron chi connectivity index (χ0n) is 9.25. The van der Waals surface area contributed by atoms with Crippen molar-refractivity contribution in [2.45, 2.75) is 11.9 Å². The summed E-state index contributed by atoms with van der Waals surface area (Å²) in [5.41, 5.74) is -0.324. The maximum absolute atomic E-state index is 12.5. The van der Waals surface area contributed by atoms with E-state index in [1.807, 2.05) is 0 Å². The first-order valence-corrected chi connectivity index (χ1v) is 6.95. The second kappa shape index (κ2) is 3.98. The van der Waals surface area contributed by atoms with E-state index in [1.54, 1.807) is 0 Å². The number of nitrogens with zero attached hydrogens (tertiary/aromatic N) is 1. The first-order valence-electron chi connectivity index (χ1n) is 4.89. The summed E-state index contributed by atoms with van der Waals surface area (Å²) in [6, 6.07) is 3.03. The molecule has 0 unspecified atom stereocenters. The molecular formula is C10H9F3N2O2S. The number of fused-ring (bicyclic) bond motifs is 1. The molecule has 4 nitrogen and oxygen atoms in total. The molecule has 0 aliphatic carbocycles. The SMILES string of the molecule is CS(=O)(=O)Cc1nc2ccc(C(F)(F)F)cc2[nH]1. The molecule has 0 atom stereocenters. The number of hydrogen-bond acceptors (Lipinski definition) is 3. The van der Waals surface area contributed by atoms with Crippen LogP contribution in [0.2, 0.25) is 0 Å². The fraction of sp³-hybridized carbons (Fsp3) is 0.300. The highest BCUT2D eigenvalue weighted by atomic mass is 32.2. The Balaban J connectivity index is 2.46. The molecule has 0 aliphatic rings. The Labute approximate surface area is 101 Å². The van der Waals surface area contributed by atoms with Crippen LogP contribution in [0.25, 0.3) is 11.0 Å². The number of alkyl halides is 3. The van der Waals surface area contributed by atoms with Gasteiger partial charge < -0.3 is 4.98 Å². The molecular weight excluding hydrogens is 269 g/mol. The van der Waals surface area contributed by atoms with Gasteiger partial charge in [-0.15, -0.1) is 0 Å². The summed E-state index contributed by atoms with van der Waals surface area (Å²) in [6.45, 7) is 0. The number of aromatic nitrogens is 2. The molecule has 1 aromatic carbocycles. The average Bonchev–Trinajstić information content (AvgIpc) is 2.53.